The van der Waals surface area contributed by atoms with Crippen LogP contribution >= 0.6 is 0 Å². The van der Waals surface area contributed by atoms with Crippen LogP contribution in [0.15, 0.2) is 55.2 Å². The molecule has 0 N–H and O–H groups in total. The van der Waals surface area contributed by atoms with Crippen molar-refractivity contribution >= 4 is 5.91 Å². The molecule has 4 heterocycles. The summed E-state index contributed by atoms with van der Waals surface area (Å²) >= 11 is 0. The third kappa shape index (κ3) is 4.29. The largest absolute Gasteiger partial charge is 0.338 e. The lowest BCUT2D eigenvalue weighted by atomic mass is 9.88. The Morgan fingerprint density at radius 1 is 1.10 bits per heavy atom. The Balaban J connectivity index is 1.47. The minimum Gasteiger partial charge on any atom is -0.338 e. The molecule has 6 nitrogen and oxygen atoms in total. The van der Waals surface area contributed by atoms with Crippen molar-refractivity contribution in [3.8, 4) is 11.4 Å². The summed E-state index contributed by atoms with van der Waals surface area (Å²) in [4.78, 5) is 31.6. The van der Waals surface area contributed by atoms with Gasteiger partial charge in [-0.1, -0.05) is 6.07 Å². The Hall–Kier alpha value is -3.22. The molecular formula is C22H22FN5O. The van der Waals surface area contributed by atoms with Gasteiger partial charge < -0.3 is 4.90 Å². The summed E-state index contributed by atoms with van der Waals surface area (Å²) in [5.41, 5.74) is 2.03. The molecule has 7 heteroatoms. The number of nitrogens with zero attached hydrogens (tertiary/aromatic N) is 5. The molecule has 1 saturated heterocycles. The zero-order valence-electron chi connectivity index (χ0n) is 16.3. The van der Waals surface area contributed by atoms with Crippen molar-refractivity contribution in [2.45, 2.75) is 31.9 Å². The number of aryl methyl sites for hydroxylation is 1. The second-order valence-corrected chi connectivity index (χ2v) is 7.44. The van der Waals surface area contributed by atoms with Crippen molar-refractivity contribution in [2.75, 3.05) is 13.1 Å². The van der Waals surface area contributed by atoms with E-state index in [0.29, 0.717) is 30.0 Å². The number of rotatable bonds is 4. The number of amides is 1. The van der Waals surface area contributed by atoms with Crippen molar-refractivity contribution < 1.29 is 9.18 Å². The van der Waals surface area contributed by atoms with E-state index in [0.717, 1.165) is 11.3 Å². The molecule has 0 aromatic carbocycles. The summed E-state index contributed by atoms with van der Waals surface area (Å²) in [5.74, 6) is -0.151. The number of pyridine rings is 2. The molecule has 0 bridgehead atoms. The number of likely N-dealkylation sites (tertiary alicyclic amines) is 1. The normalized spacial score (nSPS) is 15.9. The van der Waals surface area contributed by atoms with E-state index < -0.39 is 5.67 Å². The van der Waals surface area contributed by atoms with Gasteiger partial charge in [-0.05, 0) is 49.6 Å². The minimum absolute atomic E-state index is 0.151. The maximum Gasteiger partial charge on any atom is 0.256 e. The van der Waals surface area contributed by atoms with E-state index in [1.165, 1.54) is 6.33 Å². The second kappa shape index (κ2) is 8.03. The number of alkyl halides is 1. The molecule has 29 heavy (non-hydrogen) atoms. The highest BCUT2D eigenvalue weighted by Crippen LogP contribution is 2.31. The third-order valence-electron chi connectivity index (χ3n) is 5.28. The van der Waals surface area contributed by atoms with Gasteiger partial charge in [0.1, 0.15) is 17.7 Å². The molecule has 1 amide bonds. The molecule has 0 aliphatic carbocycles. The van der Waals surface area contributed by atoms with Gasteiger partial charge in [-0.3, -0.25) is 14.8 Å². The summed E-state index contributed by atoms with van der Waals surface area (Å²) in [5, 5.41) is 0. The minimum atomic E-state index is -1.34. The number of carbonyl (C=O) groups excluding carboxylic acids is 1. The number of carbonyl (C=O) groups is 1. The van der Waals surface area contributed by atoms with Gasteiger partial charge in [0.05, 0.1) is 11.3 Å². The van der Waals surface area contributed by atoms with E-state index in [4.69, 9.17) is 0 Å². The van der Waals surface area contributed by atoms with Crippen LogP contribution < -0.4 is 0 Å². The number of piperidine rings is 1. The van der Waals surface area contributed by atoms with Gasteiger partial charge in [0.15, 0.2) is 0 Å². The maximum atomic E-state index is 15.3. The predicted molar refractivity (Wildman–Crippen MR) is 107 cm³/mol. The van der Waals surface area contributed by atoms with E-state index in [2.05, 4.69) is 19.9 Å². The average Bonchev–Trinajstić information content (AvgIpc) is 2.76. The second-order valence-electron chi connectivity index (χ2n) is 7.44. The van der Waals surface area contributed by atoms with Crippen LogP contribution in [-0.4, -0.2) is 49.5 Å². The molecular weight excluding hydrogens is 369 g/mol. The highest BCUT2D eigenvalue weighted by Gasteiger charge is 2.37. The zero-order chi connectivity index (χ0) is 20.3. The molecule has 0 unspecified atom stereocenters. The van der Waals surface area contributed by atoms with Gasteiger partial charge in [0.2, 0.25) is 0 Å². The van der Waals surface area contributed by atoms with Crippen LogP contribution in [-0.2, 0) is 6.42 Å². The van der Waals surface area contributed by atoms with Crippen molar-refractivity contribution in [1.29, 1.82) is 0 Å². The van der Waals surface area contributed by atoms with Crippen LogP contribution in [0.5, 0.6) is 0 Å². The molecule has 0 saturated carbocycles. The number of hydrogen-bond donors (Lipinski definition) is 0. The van der Waals surface area contributed by atoms with E-state index in [1.807, 2.05) is 19.1 Å². The first-order chi connectivity index (χ1) is 14.0. The number of hydrogen-bond acceptors (Lipinski definition) is 5. The lowest BCUT2D eigenvalue weighted by molar-refractivity contribution is 0.0434. The van der Waals surface area contributed by atoms with Crippen molar-refractivity contribution in [3.63, 3.8) is 0 Å². The first-order valence-electron chi connectivity index (χ1n) is 9.65. The maximum absolute atomic E-state index is 15.3. The number of halogens is 1. The van der Waals surface area contributed by atoms with E-state index >= 15 is 4.39 Å². The Bertz CT molecular complexity index is 986. The summed E-state index contributed by atoms with van der Waals surface area (Å²) in [7, 11) is 0. The van der Waals surface area contributed by atoms with Gasteiger partial charge in [-0.2, -0.15) is 0 Å². The summed E-state index contributed by atoms with van der Waals surface area (Å²) in [6.07, 6.45) is 7.28. The first-order valence-corrected chi connectivity index (χ1v) is 9.65. The summed E-state index contributed by atoms with van der Waals surface area (Å²) in [6.45, 7) is 2.68. The summed E-state index contributed by atoms with van der Waals surface area (Å²) in [6, 6.07) is 9.00. The Labute approximate surface area is 168 Å². The molecule has 1 fully saturated rings. The lowest BCUT2D eigenvalue weighted by Gasteiger charge is -2.36. The molecule has 148 valence electrons. The summed E-state index contributed by atoms with van der Waals surface area (Å²) < 4.78 is 15.3. The highest BCUT2D eigenvalue weighted by atomic mass is 19.1. The molecule has 0 atom stereocenters. The van der Waals surface area contributed by atoms with Crippen molar-refractivity contribution in [2.24, 2.45) is 0 Å². The smallest absolute Gasteiger partial charge is 0.256 e. The van der Waals surface area contributed by atoms with Crippen LogP contribution in [0.1, 0.15) is 34.5 Å². The number of aromatic nitrogens is 4. The quantitative estimate of drug-likeness (QED) is 0.681. The van der Waals surface area contributed by atoms with Crippen LogP contribution in [0.4, 0.5) is 4.39 Å². The van der Waals surface area contributed by atoms with Gasteiger partial charge in [-0.15, -0.1) is 0 Å². The molecule has 1 aliphatic rings. The average molecular weight is 391 g/mol. The fourth-order valence-electron chi connectivity index (χ4n) is 3.60. The van der Waals surface area contributed by atoms with Crippen molar-refractivity contribution in [3.05, 3.63) is 72.1 Å². The molecule has 3 aromatic rings. The Morgan fingerprint density at radius 2 is 1.93 bits per heavy atom. The van der Waals surface area contributed by atoms with Crippen molar-refractivity contribution in [1.82, 2.24) is 24.8 Å². The molecule has 4 rings (SSSR count). The van der Waals surface area contributed by atoms with E-state index in [9.17, 15) is 4.79 Å². The topological polar surface area (TPSA) is 71.9 Å². The van der Waals surface area contributed by atoms with Gasteiger partial charge in [0.25, 0.3) is 5.91 Å². The highest BCUT2D eigenvalue weighted by molar-refractivity contribution is 5.99. The monoisotopic (exact) mass is 391 g/mol. The lowest BCUT2D eigenvalue weighted by Crippen LogP contribution is -2.45. The van der Waals surface area contributed by atoms with E-state index in [1.54, 1.807) is 41.7 Å². The molecule has 1 aliphatic heterocycles. The third-order valence-corrected chi connectivity index (χ3v) is 5.28. The fourth-order valence-corrected chi connectivity index (χ4v) is 3.60. The predicted octanol–water partition coefficient (Wildman–Crippen LogP) is 3.43. The standard InChI is InChI=1S/C22H22FN5O/c1-16-4-5-17(26-14-16)13-22(23)7-11-28(12-8-22)21(29)18-3-2-9-25-20(18)19-6-10-24-15-27-19/h2-6,9-10,14-15H,7-8,11-13H2,1H3. The van der Waals surface area contributed by atoms with Gasteiger partial charge in [-0.25, -0.2) is 14.4 Å². The zero-order valence-corrected chi connectivity index (χ0v) is 16.3. The Morgan fingerprint density at radius 3 is 2.62 bits per heavy atom. The van der Waals surface area contributed by atoms with Crippen LogP contribution in [0, 0.1) is 6.92 Å². The van der Waals surface area contributed by atoms with Gasteiger partial charge in [0, 0.05) is 43.8 Å². The Kier molecular flexibility index (Phi) is 5.29. The fraction of sp³-hybridized carbons (Fsp3) is 0.318. The van der Waals surface area contributed by atoms with Crippen LogP contribution in [0.25, 0.3) is 11.4 Å². The van der Waals surface area contributed by atoms with Gasteiger partial charge >= 0.3 is 0 Å². The van der Waals surface area contributed by atoms with E-state index in [-0.39, 0.29) is 25.2 Å². The first kappa shape index (κ1) is 19.1. The molecule has 0 spiro atoms. The SMILES string of the molecule is Cc1ccc(CC2(F)CCN(C(=O)c3cccnc3-c3ccncn3)CC2)nc1. The van der Waals surface area contributed by atoms with Crippen LogP contribution in [0.2, 0.25) is 0 Å². The van der Waals surface area contributed by atoms with Crippen LogP contribution in [0.3, 0.4) is 0 Å². The molecule has 0 radical (unpaired) electrons. The molecule has 3 aromatic heterocycles.